The van der Waals surface area contributed by atoms with Crippen LogP contribution in [0.15, 0.2) is 45.6 Å². The zero-order chi connectivity index (χ0) is 13.1. The van der Waals surface area contributed by atoms with Crippen LogP contribution in [0.3, 0.4) is 0 Å². The fraction of sp³-hybridized carbons (Fsp3) is 0.154. The number of hydrogen-bond acceptors (Lipinski definition) is 2. The van der Waals surface area contributed by atoms with E-state index >= 15 is 0 Å². The molecule has 0 radical (unpaired) electrons. The third-order valence-corrected chi connectivity index (χ3v) is 3.54. The fourth-order valence-electron chi connectivity index (χ4n) is 1.86. The summed E-state index contributed by atoms with van der Waals surface area (Å²) in [4.78, 5) is 3.77. The predicted molar refractivity (Wildman–Crippen MR) is 76.9 cm³/mol. The van der Waals surface area contributed by atoms with Gasteiger partial charge in [0.2, 0.25) is 0 Å². The smallest absolute Gasteiger partial charge is 0.146 e. The number of hydrogen-bond donors (Lipinski definition) is 1. The van der Waals surface area contributed by atoms with E-state index in [0.717, 1.165) is 14.5 Å². The van der Waals surface area contributed by atoms with Crippen molar-refractivity contribution in [3.63, 3.8) is 0 Å². The quantitative estimate of drug-likeness (QED) is 0.877. The van der Waals surface area contributed by atoms with Crippen molar-refractivity contribution in [2.24, 2.45) is 0 Å². The van der Waals surface area contributed by atoms with E-state index in [4.69, 9.17) is 0 Å². The highest BCUT2D eigenvalue weighted by atomic mass is 79.9. The van der Waals surface area contributed by atoms with Crippen LogP contribution < -0.4 is 5.32 Å². The molecule has 0 bridgehead atoms. The molecule has 0 saturated heterocycles. The Morgan fingerprint density at radius 1 is 1.22 bits per heavy atom. The summed E-state index contributed by atoms with van der Waals surface area (Å²) in [6.45, 7) is 0. The Hall–Kier alpha value is -0.780. The van der Waals surface area contributed by atoms with Crippen molar-refractivity contribution < 1.29 is 4.39 Å². The van der Waals surface area contributed by atoms with Gasteiger partial charge in [0.05, 0.1) is 12.2 Å². The maximum absolute atomic E-state index is 13.8. The zero-order valence-electron chi connectivity index (χ0n) is 9.62. The fourth-order valence-corrected chi connectivity index (χ4v) is 3.19. The molecule has 0 saturated carbocycles. The summed E-state index contributed by atoms with van der Waals surface area (Å²) < 4.78 is 15.7. The van der Waals surface area contributed by atoms with Crippen LogP contribution in [0.1, 0.15) is 17.2 Å². The first-order valence-electron chi connectivity index (χ1n) is 5.34. The molecule has 94 valence electrons. The maximum atomic E-state index is 13.8. The van der Waals surface area contributed by atoms with Gasteiger partial charge in [-0.05, 0) is 36.9 Å². The van der Waals surface area contributed by atoms with Gasteiger partial charge in [-0.25, -0.2) is 4.39 Å². The molecule has 1 unspecified atom stereocenters. The third kappa shape index (κ3) is 2.96. The van der Waals surface area contributed by atoms with Gasteiger partial charge in [-0.3, -0.25) is 4.98 Å². The van der Waals surface area contributed by atoms with Crippen molar-refractivity contribution in [3.05, 3.63) is 62.5 Å². The molecule has 0 aliphatic heterocycles. The van der Waals surface area contributed by atoms with Gasteiger partial charge in [-0.1, -0.05) is 31.9 Å². The minimum atomic E-state index is -0.312. The normalized spacial score (nSPS) is 12.4. The number of pyridine rings is 1. The largest absolute Gasteiger partial charge is 0.309 e. The Kier molecular flexibility index (Phi) is 4.48. The second-order valence-electron chi connectivity index (χ2n) is 3.82. The molecule has 0 spiro atoms. The minimum Gasteiger partial charge on any atom is -0.309 e. The lowest BCUT2D eigenvalue weighted by molar-refractivity contribution is 0.570. The Bertz CT molecular complexity index is 540. The van der Waals surface area contributed by atoms with E-state index in [1.54, 1.807) is 19.3 Å². The van der Waals surface area contributed by atoms with E-state index in [9.17, 15) is 4.39 Å². The molecule has 1 aromatic carbocycles. The Morgan fingerprint density at radius 3 is 2.44 bits per heavy atom. The molecule has 1 atom stereocenters. The van der Waals surface area contributed by atoms with E-state index in [-0.39, 0.29) is 11.9 Å². The zero-order valence-corrected chi connectivity index (χ0v) is 12.8. The summed E-state index contributed by atoms with van der Waals surface area (Å²) in [5, 5.41) is 3.12. The molecule has 2 rings (SSSR count). The van der Waals surface area contributed by atoms with Gasteiger partial charge in [0.15, 0.2) is 0 Å². The van der Waals surface area contributed by atoms with Crippen molar-refractivity contribution in [2.75, 3.05) is 7.05 Å². The summed E-state index contributed by atoms with van der Waals surface area (Å²) in [6.07, 6.45) is 2.82. The molecule has 0 amide bonds. The van der Waals surface area contributed by atoms with Crippen LogP contribution >= 0.6 is 31.9 Å². The van der Waals surface area contributed by atoms with Crippen LogP contribution in [-0.2, 0) is 0 Å². The van der Waals surface area contributed by atoms with E-state index in [0.29, 0.717) is 5.56 Å². The van der Waals surface area contributed by atoms with E-state index in [1.807, 2.05) is 18.2 Å². The Balaban J connectivity index is 2.48. The minimum absolute atomic E-state index is 0.207. The second-order valence-corrected chi connectivity index (χ2v) is 5.65. The van der Waals surface area contributed by atoms with Crippen LogP contribution in [0.25, 0.3) is 0 Å². The van der Waals surface area contributed by atoms with Crippen molar-refractivity contribution >= 4 is 31.9 Å². The standard InChI is InChI=1S/C13H11Br2FN2/c1-17-13(11-2-3-18-7-12(11)16)8-4-9(14)6-10(15)5-8/h2-7,13,17H,1H3. The molecule has 2 nitrogen and oxygen atoms in total. The molecule has 5 heteroatoms. The topological polar surface area (TPSA) is 24.9 Å². The van der Waals surface area contributed by atoms with E-state index in [2.05, 4.69) is 42.2 Å². The van der Waals surface area contributed by atoms with Crippen molar-refractivity contribution in [3.8, 4) is 0 Å². The van der Waals surface area contributed by atoms with E-state index < -0.39 is 0 Å². The lowest BCUT2D eigenvalue weighted by Crippen LogP contribution is -2.19. The van der Waals surface area contributed by atoms with Crippen LogP contribution in [0, 0.1) is 5.82 Å². The van der Waals surface area contributed by atoms with Crippen molar-refractivity contribution in [2.45, 2.75) is 6.04 Å². The highest BCUT2D eigenvalue weighted by molar-refractivity contribution is 9.11. The number of nitrogens with one attached hydrogen (secondary N) is 1. The predicted octanol–water partition coefficient (Wildman–Crippen LogP) is 4.05. The van der Waals surface area contributed by atoms with Crippen molar-refractivity contribution in [1.82, 2.24) is 10.3 Å². The molecule has 18 heavy (non-hydrogen) atoms. The molecular weight excluding hydrogens is 363 g/mol. The summed E-state index contributed by atoms with van der Waals surface area (Å²) in [7, 11) is 1.80. The van der Waals surface area contributed by atoms with Gasteiger partial charge in [-0.15, -0.1) is 0 Å². The van der Waals surface area contributed by atoms with Crippen molar-refractivity contribution in [1.29, 1.82) is 0 Å². The monoisotopic (exact) mass is 372 g/mol. The van der Waals surface area contributed by atoms with Gasteiger partial charge in [-0.2, -0.15) is 0 Å². The summed E-state index contributed by atoms with van der Waals surface area (Å²) in [5.41, 5.74) is 1.56. The third-order valence-electron chi connectivity index (χ3n) is 2.62. The van der Waals surface area contributed by atoms with Gasteiger partial charge >= 0.3 is 0 Å². The van der Waals surface area contributed by atoms with Crippen LogP contribution in [0.2, 0.25) is 0 Å². The SMILES string of the molecule is CNC(c1cc(Br)cc(Br)c1)c1ccncc1F. The highest BCUT2D eigenvalue weighted by Gasteiger charge is 2.16. The van der Waals surface area contributed by atoms with Gasteiger partial charge in [0.1, 0.15) is 5.82 Å². The molecule has 1 heterocycles. The van der Waals surface area contributed by atoms with Gasteiger partial charge < -0.3 is 5.32 Å². The highest BCUT2D eigenvalue weighted by Crippen LogP contribution is 2.28. The first-order chi connectivity index (χ1) is 8.61. The summed E-state index contributed by atoms with van der Waals surface area (Å²) in [6, 6.07) is 7.35. The summed E-state index contributed by atoms with van der Waals surface area (Å²) >= 11 is 6.88. The average Bonchev–Trinajstić information content (AvgIpc) is 2.31. The number of benzene rings is 1. The first-order valence-corrected chi connectivity index (χ1v) is 6.93. The average molecular weight is 374 g/mol. The number of rotatable bonds is 3. The van der Waals surface area contributed by atoms with Gasteiger partial charge in [0.25, 0.3) is 0 Å². The van der Waals surface area contributed by atoms with Gasteiger partial charge in [0, 0.05) is 20.7 Å². The number of aromatic nitrogens is 1. The molecule has 0 aliphatic rings. The first kappa shape index (κ1) is 13.6. The lowest BCUT2D eigenvalue weighted by atomic mass is 9.99. The molecule has 2 aromatic rings. The molecule has 1 aromatic heterocycles. The molecular formula is C13H11Br2FN2. The molecule has 0 aliphatic carbocycles. The molecule has 1 N–H and O–H groups in total. The Morgan fingerprint density at radius 2 is 1.89 bits per heavy atom. The summed E-state index contributed by atoms with van der Waals surface area (Å²) in [5.74, 6) is -0.312. The second kappa shape index (κ2) is 5.91. The van der Waals surface area contributed by atoms with Crippen LogP contribution in [0.5, 0.6) is 0 Å². The number of nitrogens with zero attached hydrogens (tertiary/aromatic N) is 1. The Labute approximate surface area is 122 Å². The lowest BCUT2D eigenvalue weighted by Gasteiger charge is -2.18. The maximum Gasteiger partial charge on any atom is 0.146 e. The number of halogens is 3. The molecule has 0 fully saturated rings. The van der Waals surface area contributed by atoms with Crippen LogP contribution in [0.4, 0.5) is 4.39 Å². The van der Waals surface area contributed by atoms with Crippen LogP contribution in [-0.4, -0.2) is 12.0 Å². The van der Waals surface area contributed by atoms with E-state index in [1.165, 1.54) is 6.20 Å².